The van der Waals surface area contributed by atoms with Crippen molar-refractivity contribution in [3.05, 3.63) is 77.9 Å². The second-order valence-corrected chi connectivity index (χ2v) is 15.9. The summed E-state index contributed by atoms with van der Waals surface area (Å²) in [7, 11) is 3.23. The first-order valence-corrected chi connectivity index (χ1v) is 18.1. The van der Waals surface area contributed by atoms with Crippen molar-refractivity contribution in [3.8, 4) is 11.5 Å². The number of nitrogens with zero attached hydrogens (tertiary/aromatic N) is 1. The normalized spacial score (nSPS) is 37.0. The van der Waals surface area contributed by atoms with E-state index in [9.17, 15) is 19.8 Å². The minimum Gasteiger partial charge on any atom is -0.497 e. The lowest BCUT2D eigenvalue weighted by molar-refractivity contribution is -0.174. The molecule has 49 heavy (non-hydrogen) atoms. The third-order valence-corrected chi connectivity index (χ3v) is 13.9. The van der Waals surface area contributed by atoms with Crippen LogP contribution >= 0.6 is 0 Å². The molecule has 0 radical (unpaired) electrons. The van der Waals surface area contributed by atoms with E-state index in [2.05, 4.69) is 37.4 Å². The van der Waals surface area contributed by atoms with Gasteiger partial charge in [0.15, 0.2) is 5.78 Å². The average Bonchev–Trinajstić information content (AvgIpc) is 3.37. The first-order chi connectivity index (χ1) is 23.4. The molecule has 3 saturated carbocycles. The van der Waals surface area contributed by atoms with Crippen LogP contribution in [0, 0.1) is 33.5 Å². The molecule has 3 N–H and O–H groups in total. The van der Waals surface area contributed by atoms with E-state index < -0.39 is 27.9 Å². The second kappa shape index (κ2) is 12.0. The van der Waals surface area contributed by atoms with Gasteiger partial charge in [0.05, 0.1) is 32.5 Å². The van der Waals surface area contributed by atoms with Crippen LogP contribution in [0.4, 0.5) is 10.5 Å². The van der Waals surface area contributed by atoms with Crippen LogP contribution in [-0.2, 0) is 0 Å². The number of ether oxygens (including phenoxy) is 2. The molecule has 8 nitrogen and oxygen atoms in total. The molecule has 8 atom stereocenters. The van der Waals surface area contributed by atoms with Crippen molar-refractivity contribution in [2.75, 3.05) is 32.6 Å². The summed E-state index contributed by atoms with van der Waals surface area (Å²) in [6.07, 6.45) is 12.5. The molecule has 2 bridgehead atoms. The van der Waals surface area contributed by atoms with Gasteiger partial charge in [-0.3, -0.25) is 4.79 Å². The number of hydrogen-bond acceptors (Lipinski definition) is 6. The monoisotopic (exact) mass is 668 g/mol. The fourth-order valence-corrected chi connectivity index (χ4v) is 11.2. The molecule has 262 valence electrons. The van der Waals surface area contributed by atoms with Gasteiger partial charge in [0.25, 0.3) is 0 Å². The van der Waals surface area contributed by atoms with Gasteiger partial charge in [0.1, 0.15) is 11.5 Å². The number of rotatable bonds is 9. The Hall–Kier alpha value is -3.62. The summed E-state index contributed by atoms with van der Waals surface area (Å²) in [6.45, 7) is 7.39. The summed E-state index contributed by atoms with van der Waals surface area (Å²) < 4.78 is 10.7. The maximum Gasteiger partial charge on any atom is 0.321 e. The number of aliphatic hydroxyl groups is 2. The molecule has 0 saturated heterocycles. The van der Waals surface area contributed by atoms with E-state index in [1.165, 1.54) is 0 Å². The van der Waals surface area contributed by atoms with Crippen molar-refractivity contribution in [3.63, 3.8) is 0 Å². The first-order valence-electron chi connectivity index (χ1n) is 18.1. The number of aliphatic hydroxyl groups excluding tert-OH is 1. The van der Waals surface area contributed by atoms with Crippen molar-refractivity contribution in [1.29, 1.82) is 0 Å². The molecule has 2 aromatic rings. The number of carbonyl (C=O) groups is 2. The molecular weight excluding hydrogens is 616 g/mol. The van der Waals surface area contributed by atoms with Gasteiger partial charge < -0.3 is 29.9 Å². The Morgan fingerprint density at radius 2 is 1.49 bits per heavy atom. The number of hydrogen-bond donors (Lipinski definition) is 3. The number of benzene rings is 2. The Morgan fingerprint density at radius 1 is 0.878 bits per heavy atom. The fourth-order valence-electron chi connectivity index (χ4n) is 11.2. The van der Waals surface area contributed by atoms with Crippen LogP contribution in [-0.4, -0.2) is 65.9 Å². The number of amides is 2. The summed E-state index contributed by atoms with van der Waals surface area (Å²) in [6, 6.07) is 14.4. The SMILES string of the molecule is CCCN(C[C@]1(O)CC[C@H]2[C@]34C=C[C@@]5(C=C3C(=O)c3ccc(OC)cc3)CC(O)CC[C@]5(C)[C@H]4CC[C@@]21C)C(=O)Nc1ccc(OC)cc1. The summed E-state index contributed by atoms with van der Waals surface area (Å²) in [5.41, 5.74) is -0.630. The highest BCUT2D eigenvalue weighted by Crippen LogP contribution is 2.78. The van der Waals surface area contributed by atoms with Crippen molar-refractivity contribution in [1.82, 2.24) is 4.90 Å². The summed E-state index contributed by atoms with van der Waals surface area (Å²) in [5, 5.41) is 26.9. The van der Waals surface area contributed by atoms with Gasteiger partial charge in [-0.25, -0.2) is 4.79 Å². The quantitative estimate of drug-likeness (QED) is 0.190. The Kier molecular flexibility index (Phi) is 8.30. The zero-order valence-corrected chi connectivity index (χ0v) is 29.6. The van der Waals surface area contributed by atoms with Gasteiger partial charge in [-0.15, -0.1) is 0 Å². The lowest BCUT2D eigenvalue weighted by Crippen LogP contribution is -2.67. The van der Waals surface area contributed by atoms with Crippen molar-refractivity contribution >= 4 is 17.5 Å². The largest absolute Gasteiger partial charge is 0.497 e. The van der Waals surface area contributed by atoms with Crippen LogP contribution in [0.15, 0.2) is 72.3 Å². The second-order valence-electron chi connectivity index (χ2n) is 15.9. The Labute approximate surface area is 290 Å². The van der Waals surface area contributed by atoms with Gasteiger partial charge in [0.2, 0.25) is 0 Å². The van der Waals surface area contributed by atoms with Crippen molar-refractivity contribution in [2.45, 2.75) is 83.8 Å². The number of ketones is 1. The van der Waals surface area contributed by atoms with Crippen LogP contribution < -0.4 is 14.8 Å². The zero-order valence-electron chi connectivity index (χ0n) is 29.6. The average molecular weight is 669 g/mol. The molecule has 8 rings (SSSR count). The minimum atomic E-state index is -1.14. The molecule has 8 heteroatoms. The standard InChI is InChI=1S/C41H52N2O6/c1-6-23-43(36(46)42-28-9-13-31(49-5)14-10-28)26-40(47)20-17-34-38(40,3)19-16-33-37(2)18-15-29(44)24-39(37)21-22-41(33,34)32(25-39)35(45)27-7-11-30(48-4)12-8-27/h7-14,21-22,25,29,33-34,44,47H,6,15-20,23-24,26H2,1-5H3,(H,42,46)/t29?,33-,34-,37-,38+,39+,40-,41-/m1/s1. The van der Waals surface area contributed by atoms with Gasteiger partial charge in [-0.05, 0) is 117 Å². The predicted octanol–water partition coefficient (Wildman–Crippen LogP) is 7.42. The Morgan fingerprint density at radius 3 is 2.14 bits per heavy atom. The van der Waals surface area contributed by atoms with Gasteiger partial charge >= 0.3 is 6.03 Å². The minimum absolute atomic E-state index is 0.00329. The number of urea groups is 1. The lowest BCUT2D eigenvalue weighted by atomic mass is 9.32. The highest BCUT2D eigenvalue weighted by molar-refractivity contribution is 6.10. The van der Waals surface area contributed by atoms with E-state index in [-0.39, 0.29) is 35.6 Å². The smallest absolute Gasteiger partial charge is 0.321 e. The molecule has 0 aliphatic heterocycles. The summed E-state index contributed by atoms with van der Waals surface area (Å²) >= 11 is 0. The number of anilines is 1. The molecule has 6 aliphatic rings. The molecular formula is C41H52N2O6. The maximum atomic E-state index is 14.8. The predicted molar refractivity (Wildman–Crippen MR) is 190 cm³/mol. The number of methoxy groups -OCH3 is 2. The highest BCUT2D eigenvalue weighted by atomic mass is 16.5. The highest BCUT2D eigenvalue weighted by Gasteiger charge is 2.74. The van der Waals surface area contributed by atoms with E-state index in [1.807, 2.05) is 55.5 Å². The Bertz CT molecular complexity index is 1670. The van der Waals surface area contributed by atoms with Crippen LogP contribution in [0.3, 0.4) is 0 Å². The maximum absolute atomic E-state index is 14.8. The molecule has 2 amide bonds. The zero-order chi connectivity index (χ0) is 34.8. The Balaban J connectivity index is 1.26. The molecule has 2 spiro atoms. The molecule has 0 heterocycles. The molecule has 3 fully saturated rings. The number of allylic oxidation sites excluding steroid dienone is 4. The first kappa shape index (κ1) is 33.9. The van der Waals surface area contributed by atoms with Crippen LogP contribution in [0.25, 0.3) is 0 Å². The number of carbonyl (C=O) groups excluding carboxylic acids is 2. The van der Waals surface area contributed by atoms with E-state index >= 15 is 0 Å². The van der Waals surface area contributed by atoms with Crippen molar-refractivity contribution < 1.29 is 29.3 Å². The summed E-state index contributed by atoms with van der Waals surface area (Å²) in [4.78, 5) is 30.3. The number of fused-ring (bicyclic) bond motifs is 1. The topological polar surface area (TPSA) is 108 Å². The number of Topliss-reactive ketones (excluding diaryl/α,β-unsaturated/α-hetero) is 1. The van der Waals surface area contributed by atoms with E-state index in [1.54, 1.807) is 19.1 Å². The third kappa shape index (κ3) is 4.91. The summed E-state index contributed by atoms with van der Waals surface area (Å²) in [5.74, 6) is 1.64. The number of nitrogens with one attached hydrogen (secondary N) is 1. The van der Waals surface area contributed by atoms with Crippen LogP contribution in [0.1, 0.15) is 82.5 Å². The lowest BCUT2D eigenvalue weighted by Gasteiger charge is -2.71. The van der Waals surface area contributed by atoms with Gasteiger partial charge in [-0.2, -0.15) is 0 Å². The van der Waals surface area contributed by atoms with Gasteiger partial charge in [0, 0.05) is 39.6 Å². The molecule has 2 aromatic carbocycles. The van der Waals surface area contributed by atoms with Gasteiger partial charge in [-0.1, -0.05) is 39.0 Å². The van der Waals surface area contributed by atoms with E-state index in [4.69, 9.17) is 9.47 Å². The van der Waals surface area contributed by atoms with Crippen LogP contribution in [0.2, 0.25) is 0 Å². The molecule has 0 aromatic heterocycles. The van der Waals surface area contributed by atoms with E-state index in [0.29, 0.717) is 42.1 Å². The fraction of sp³-hybridized carbons (Fsp3) is 0.561. The molecule has 1 unspecified atom stereocenters. The van der Waals surface area contributed by atoms with Crippen LogP contribution in [0.5, 0.6) is 11.5 Å². The molecule has 6 aliphatic carbocycles. The van der Waals surface area contributed by atoms with E-state index in [0.717, 1.165) is 44.1 Å². The third-order valence-electron chi connectivity index (χ3n) is 13.9. The van der Waals surface area contributed by atoms with Crippen molar-refractivity contribution in [2.24, 2.45) is 33.5 Å².